The highest BCUT2D eigenvalue weighted by Gasteiger charge is 2.27. The monoisotopic (exact) mass is 393 g/mol. The van der Waals surface area contributed by atoms with E-state index in [-0.39, 0.29) is 18.1 Å². The molecule has 0 spiro atoms. The topological polar surface area (TPSA) is 56.2 Å². The number of carbonyl (C=O) groups excluding carboxylic acids is 1. The maximum Gasteiger partial charge on any atom is 0.272 e. The first-order valence-electron chi connectivity index (χ1n) is 9.50. The maximum atomic E-state index is 12.8. The standard InChI is InChI=1S/C22H20ClN3O2/c23-16-8-5-15(6-9-16)21-12-26-17(13-28-21)11-20(25-26)22(27)24-19-10-7-14-3-1-2-4-18(14)19/h1-6,8-9,11,19,21H,7,10,12-13H2,(H,24,27)/t19-,21-/m1/s1. The van der Waals surface area contributed by atoms with E-state index in [0.717, 1.165) is 24.1 Å². The number of benzene rings is 2. The van der Waals surface area contributed by atoms with Gasteiger partial charge in [0.15, 0.2) is 5.69 Å². The molecular weight excluding hydrogens is 374 g/mol. The summed E-state index contributed by atoms with van der Waals surface area (Å²) < 4.78 is 7.84. The molecule has 0 bridgehead atoms. The van der Waals surface area contributed by atoms with Crippen LogP contribution in [0.4, 0.5) is 0 Å². The number of ether oxygens (including phenoxy) is 1. The smallest absolute Gasteiger partial charge is 0.272 e. The van der Waals surface area contributed by atoms with E-state index >= 15 is 0 Å². The van der Waals surface area contributed by atoms with Gasteiger partial charge in [-0.15, -0.1) is 0 Å². The quantitative estimate of drug-likeness (QED) is 0.724. The van der Waals surface area contributed by atoms with Gasteiger partial charge in [-0.2, -0.15) is 5.10 Å². The van der Waals surface area contributed by atoms with E-state index in [9.17, 15) is 4.79 Å². The minimum Gasteiger partial charge on any atom is -0.365 e. The Morgan fingerprint density at radius 1 is 1.18 bits per heavy atom. The van der Waals surface area contributed by atoms with Gasteiger partial charge in [-0.05, 0) is 47.7 Å². The van der Waals surface area contributed by atoms with E-state index < -0.39 is 0 Å². The van der Waals surface area contributed by atoms with Gasteiger partial charge in [-0.1, -0.05) is 48.0 Å². The summed E-state index contributed by atoms with van der Waals surface area (Å²) in [5.74, 6) is -0.133. The summed E-state index contributed by atoms with van der Waals surface area (Å²) in [5.41, 5.74) is 4.95. The molecule has 5 rings (SSSR count). The summed E-state index contributed by atoms with van der Waals surface area (Å²) in [5, 5.41) is 8.38. The molecule has 1 amide bonds. The first-order valence-corrected chi connectivity index (χ1v) is 9.87. The van der Waals surface area contributed by atoms with Crippen molar-refractivity contribution in [3.63, 3.8) is 0 Å². The number of aromatic nitrogens is 2. The molecule has 2 aromatic carbocycles. The Morgan fingerprint density at radius 2 is 2.00 bits per heavy atom. The number of rotatable bonds is 3. The van der Waals surface area contributed by atoms with Crippen LogP contribution in [0.3, 0.4) is 0 Å². The fraction of sp³-hybridized carbons (Fsp3) is 0.273. The minimum atomic E-state index is -0.133. The molecule has 0 saturated heterocycles. The van der Waals surface area contributed by atoms with Crippen molar-refractivity contribution in [1.29, 1.82) is 0 Å². The Bertz CT molecular complexity index is 1030. The summed E-state index contributed by atoms with van der Waals surface area (Å²) >= 11 is 5.97. The highest BCUT2D eigenvalue weighted by Crippen LogP contribution is 2.31. The van der Waals surface area contributed by atoms with Gasteiger partial charge in [0.05, 0.1) is 24.9 Å². The van der Waals surface area contributed by atoms with E-state index in [1.807, 2.05) is 47.1 Å². The van der Waals surface area contributed by atoms with Crippen LogP contribution >= 0.6 is 11.6 Å². The minimum absolute atomic E-state index is 0.0560. The fourth-order valence-corrected chi connectivity index (χ4v) is 4.18. The van der Waals surface area contributed by atoms with E-state index in [4.69, 9.17) is 16.3 Å². The zero-order valence-electron chi connectivity index (χ0n) is 15.3. The lowest BCUT2D eigenvalue weighted by Crippen LogP contribution is -2.27. The number of amides is 1. The summed E-state index contributed by atoms with van der Waals surface area (Å²) in [6, 6.07) is 17.8. The van der Waals surface area contributed by atoms with E-state index in [1.165, 1.54) is 11.1 Å². The van der Waals surface area contributed by atoms with E-state index in [1.54, 1.807) is 0 Å². The van der Waals surface area contributed by atoms with Crippen molar-refractivity contribution in [1.82, 2.24) is 15.1 Å². The molecular formula is C22H20ClN3O2. The second-order valence-corrected chi connectivity index (χ2v) is 7.75. The van der Waals surface area contributed by atoms with Gasteiger partial charge in [-0.3, -0.25) is 9.48 Å². The predicted molar refractivity (Wildman–Crippen MR) is 106 cm³/mol. The molecule has 3 aromatic rings. The van der Waals surface area contributed by atoms with Crippen molar-refractivity contribution >= 4 is 17.5 Å². The van der Waals surface area contributed by atoms with Gasteiger partial charge >= 0.3 is 0 Å². The molecule has 142 valence electrons. The lowest BCUT2D eigenvalue weighted by Gasteiger charge is -2.24. The van der Waals surface area contributed by atoms with Crippen LogP contribution in [-0.4, -0.2) is 15.7 Å². The van der Waals surface area contributed by atoms with Crippen LogP contribution in [0, 0.1) is 0 Å². The third kappa shape index (κ3) is 3.21. The average Bonchev–Trinajstić information content (AvgIpc) is 3.32. The van der Waals surface area contributed by atoms with Gasteiger partial charge in [0.2, 0.25) is 0 Å². The zero-order chi connectivity index (χ0) is 19.1. The molecule has 0 unspecified atom stereocenters. The van der Waals surface area contributed by atoms with E-state index in [0.29, 0.717) is 23.9 Å². The van der Waals surface area contributed by atoms with E-state index in [2.05, 4.69) is 22.5 Å². The van der Waals surface area contributed by atoms with Gasteiger partial charge in [0.1, 0.15) is 6.10 Å². The molecule has 0 saturated carbocycles. The van der Waals surface area contributed by atoms with Crippen molar-refractivity contribution in [2.24, 2.45) is 0 Å². The normalized spacial score (nSPS) is 20.5. The molecule has 0 radical (unpaired) electrons. The van der Waals surface area contributed by atoms with Gasteiger partial charge in [-0.25, -0.2) is 0 Å². The highest BCUT2D eigenvalue weighted by molar-refractivity contribution is 6.30. The third-order valence-corrected chi connectivity index (χ3v) is 5.80. The number of nitrogens with zero attached hydrogens (tertiary/aromatic N) is 2. The number of fused-ring (bicyclic) bond motifs is 2. The molecule has 1 aliphatic carbocycles. The van der Waals surface area contributed by atoms with Crippen LogP contribution < -0.4 is 5.32 Å². The second-order valence-electron chi connectivity index (χ2n) is 7.32. The lowest BCUT2D eigenvalue weighted by atomic mass is 10.1. The van der Waals surface area contributed by atoms with Crippen LogP contribution in [0.2, 0.25) is 5.02 Å². The van der Waals surface area contributed by atoms with Crippen LogP contribution in [0.1, 0.15) is 51.4 Å². The maximum absolute atomic E-state index is 12.8. The molecule has 0 fully saturated rings. The predicted octanol–water partition coefficient (Wildman–Crippen LogP) is 4.23. The first kappa shape index (κ1) is 17.5. The number of halogens is 1. The average molecular weight is 394 g/mol. The molecule has 6 heteroatoms. The molecule has 2 atom stereocenters. The Labute approximate surface area is 168 Å². The molecule has 2 heterocycles. The van der Waals surface area contributed by atoms with Crippen molar-refractivity contribution in [2.45, 2.75) is 38.1 Å². The molecule has 1 N–H and O–H groups in total. The highest BCUT2D eigenvalue weighted by atomic mass is 35.5. The number of hydrogen-bond donors (Lipinski definition) is 1. The lowest BCUT2D eigenvalue weighted by molar-refractivity contribution is -0.00119. The van der Waals surface area contributed by atoms with Crippen LogP contribution in [-0.2, 0) is 24.3 Å². The Hall–Kier alpha value is -2.63. The third-order valence-electron chi connectivity index (χ3n) is 5.55. The van der Waals surface area contributed by atoms with Gasteiger partial charge < -0.3 is 10.1 Å². The summed E-state index contributed by atoms with van der Waals surface area (Å²) in [4.78, 5) is 12.8. The van der Waals surface area contributed by atoms with Crippen LogP contribution in [0.5, 0.6) is 0 Å². The van der Waals surface area contributed by atoms with Crippen molar-refractivity contribution < 1.29 is 9.53 Å². The number of nitrogens with one attached hydrogen (secondary N) is 1. The van der Waals surface area contributed by atoms with Crippen molar-refractivity contribution in [3.8, 4) is 0 Å². The summed E-state index contributed by atoms with van der Waals surface area (Å²) in [6.45, 7) is 1.01. The van der Waals surface area contributed by atoms with Crippen molar-refractivity contribution in [3.05, 3.63) is 87.7 Å². The first-order chi connectivity index (χ1) is 13.7. The second kappa shape index (κ2) is 7.08. The van der Waals surface area contributed by atoms with Crippen molar-refractivity contribution in [2.75, 3.05) is 0 Å². The molecule has 1 aromatic heterocycles. The largest absolute Gasteiger partial charge is 0.365 e. The summed E-state index contributed by atoms with van der Waals surface area (Å²) in [6.07, 6.45) is 1.83. The molecule has 28 heavy (non-hydrogen) atoms. The van der Waals surface area contributed by atoms with Crippen LogP contribution in [0.15, 0.2) is 54.6 Å². The van der Waals surface area contributed by atoms with Gasteiger partial charge in [0, 0.05) is 5.02 Å². The Balaban J connectivity index is 1.31. The van der Waals surface area contributed by atoms with Crippen LogP contribution in [0.25, 0.3) is 0 Å². The number of aryl methyl sites for hydroxylation is 1. The number of carbonyl (C=O) groups is 1. The molecule has 5 nitrogen and oxygen atoms in total. The SMILES string of the molecule is O=C(N[C@@H]1CCc2ccccc21)c1cc2n(n1)C[C@H](c1ccc(Cl)cc1)OC2. The molecule has 2 aliphatic rings. The Kier molecular flexibility index (Phi) is 4.41. The Morgan fingerprint density at radius 3 is 2.86 bits per heavy atom. The fourth-order valence-electron chi connectivity index (χ4n) is 4.05. The number of hydrogen-bond acceptors (Lipinski definition) is 3. The van der Waals surface area contributed by atoms with Gasteiger partial charge in [0.25, 0.3) is 5.91 Å². The molecule has 1 aliphatic heterocycles. The zero-order valence-corrected chi connectivity index (χ0v) is 16.0. The summed E-state index contributed by atoms with van der Waals surface area (Å²) in [7, 11) is 0.